The lowest BCUT2D eigenvalue weighted by Gasteiger charge is -2.33. The summed E-state index contributed by atoms with van der Waals surface area (Å²) in [7, 11) is 0. The van der Waals surface area contributed by atoms with Crippen molar-refractivity contribution in [3.63, 3.8) is 0 Å². The Hall–Kier alpha value is -0.450. The lowest BCUT2D eigenvalue weighted by atomic mass is 9.82. The van der Waals surface area contributed by atoms with Crippen molar-refractivity contribution >= 4 is 5.78 Å². The minimum absolute atomic E-state index is 0.0779. The molecule has 1 saturated heterocycles. The highest BCUT2D eigenvalue weighted by Crippen LogP contribution is 2.66. The third-order valence-corrected chi connectivity index (χ3v) is 5.30. The van der Waals surface area contributed by atoms with Crippen molar-refractivity contribution in [3.8, 4) is 0 Å². The highest BCUT2D eigenvalue weighted by Gasteiger charge is 2.63. The molecule has 19 heavy (non-hydrogen) atoms. The first-order chi connectivity index (χ1) is 8.90. The molecule has 0 amide bonds. The molecule has 2 N–H and O–H groups in total. The van der Waals surface area contributed by atoms with Crippen LogP contribution in [0.2, 0.25) is 0 Å². The Balaban J connectivity index is 2.03. The Morgan fingerprint density at radius 1 is 1.47 bits per heavy atom. The lowest BCUT2D eigenvalue weighted by Crippen LogP contribution is -2.34. The van der Waals surface area contributed by atoms with Gasteiger partial charge in [-0.15, -0.1) is 0 Å². The van der Waals surface area contributed by atoms with Crippen molar-refractivity contribution in [2.24, 2.45) is 29.1 Å². The number of ketones is 1. The van der Waals surface area contributed by atoms with Gasteiger partial charge in [-0.2, -0.15) is 0 Å². The van der Waals surface area contributed by atoms with Crippen molar-refractivity contribution in [3.05, 3.63) is 0 Å². The Morgan fingerprint density at radius 3 is 2.74 bits per heavy atom. The number of aliphatic hydroxyl groups is 2. The second-order valence-corrected chi connectivity index (χ2v) is 6.70. The van der Waals surface area contributed by atoms with Gasteiger partial charge in [0.25, 0.3) is 0 Å². The number of rotatable bonds is 5. The van der Waals surface area contributed by atoms with Crippen LogP contribution in [0.4, 0.5) is 0 Å². The summed E-state index contributed by atoms with van der Waals surface area (Å²) in [6.45, 7) is 6.63. The number of ether oxygens (including phenoxy) is 1. The predicted molar refractivity (Wildman–Crippen MR) is 71.3 cm³/mol. The molecule has 0 spiro atoms. The van der Waals surface area contributed by atoms with E-state index in [1.807, 2.05) is 0 Å². The van der Waals surface area contributed by atoms with E-state index in [-0.39, 0.29) is 17.8 Å². The molecule has 0 unspecified atom stereocenters. The summed E-state index contributed by atoms with van der Waals surface area (Å²) < 4.78 is 5.27. The second-order valence-electron chi connectivity index (χ2n) is 6.70. The quantitative estimate of drug-likeness (QED) is 0.796. The molecule has 0 aromatic carbocycles. The van der Waals surface area contributed by atoms with Crippen LogP contribution in [0.15, 0.2) is 0 Å². The maximum atomic E-state index is 11.2. The molecule has 0 radical (unpaired) electrons. The molecule has 1 saturated carbocycles. The van der Waals surface area contributed by atoms with Gasteiger partial charge in [-0.3, -0.25) is 0 Å². The van der Waals surface area contributed by atoms with Gasteiger partial charge < -0.3 is 19.7 Å². The summed E-state index contributed by atoms with van der Waals surface area (Å²) in [6.07, 6.45) is 1.43. The number of carbonyl (C=O) groups excluding carboxylic acids is 1. The molecule has 110 valence electrons. The molecule has 1 aliphatic carbocycles. The Morgan fingerprint density at radius 2 is 2.16 bits per heavy atom. The van der Waals surface area contributed by atoms with Crippen LogP contribution in [0.1, 0.15) is 40.0 Å². The first-order valence-corrected chi connectivity index (χ1v) is 7.30. The fourth-order valence-corrected chi connectivity index (χ4v) is 4.00. The average Bonchev–Trinajstić information content (AvgIpc) is 2.95. The van der Waals surface area contributed by atoms with Gasteiger partial charge in [0.1, 0.15) is 5.78 Å². The minimum atomic E-state index is -0.668. The van der Waals surface area contributed by atoms with Crippen molar-refractivity contribution in [1.82, 2.24) is 0 Å². The Bertz CT molecular complexity index is 343. The van der Waals surface area contributed by atoms with E-state index in [4.69, 9.17) is 4.74 Å². The number of hydrogen-bond donors (Lipinski definition) is 2. The normalized spacial score (nSPS) is 46.1. The topological polar surface area (TPSA) is 66.8 Å². The SMILES string of the molecule is CC(=O)CC[C@@H]1[C@H]([C@@H]2C[C@H](O)OC[C@H]2C)[C@@]1(C)CO. The van der Waals surface area contributed by atoms with Gasteiger partial charge in [0, 0.05) is 19.4 Å². The summed E-state index contributed by atoms with van der Waals surface area (Å²) in [5.41, 5.74) is -0.0779. The monoisotopic (exact) mass is 270 g/mol. The van der Waals surface area contributed by atoms with E-state index >= 15 is 0 Å². The molecule has 2 aliphatic rings. The maximum Gasteiger partial charge on any atom is 0.154 e. The third kappa shape index (κ3) is 2.86. The van der Waals surface area contributed by atoms with Crippen LogP contribution in [-0.2, 0) is 9.53 Å². The molecule has 1 aliphatic heterocycles. The van der Waals surface area contributed by atoms with Crippen molar-refractivity contribution < 1.29 is 19.7 Å². The summed E-state index contributed by atoms with van der Waals surface area (Å²) >= 11 is 0. The van der Waals surface area contributed by atoms with E-state index in [1.54, 1.807) is 6.92 Å². The van der Waals surface area contributed by atoms with Crippen molar-refractivity contribution in [1.29, 1.82) is 0 Å². The molecule has 4 heteroatoms. The van der Waals surface area contributed by atoms with Gasteiger partial charge in [0.2, 0.25) is 0 Å². The standard InChI is InChI=1S/C15H26O4/c1-9-7-19-13(18)6-11(9)14-12(5-4-10(2)17)15(14,3)8-16/h9,11-14,16,18H,4-8H2,1-3H3/t9-,11-,12-,13-,14+,15+/m1/s1. The third-order valence-electron chi connectivity index (χ3n) is 5.30. The number of hydrogen-bond acceptors (Lipinski definition) is 4. The average molecular weight is 270 g/mol. The predicted octanol–water partition coefficient (Wildman–Crippen LogP) is 1.59. The molecule has 6 atom stereocenters. The van der Waals surface area contributed by atoms with E-state index in [2.05, 4.69) is 13.8 Å². The summed E-state index contributed by atoms with van der Waals surface area (Å²) in [6, 6.07) is 0. The van der Waals surface area contributed by atoms with Crippen molar-refractivity contribution in [2.45, 2.75) is 46.3 Å². The highest BCUT2D eigenvalue weighted by atomic mass is 16.6. The summed E-state index contributed by atoms with van der Waals surface area (Å²) in [4.78, 5) is 11.2. The van der Waals surface area contributed by atoms with E-state index < -0.39 is 6.29 Å². The van der Waals surface area contributed by atoms with Crippen LogP contribution in [0.3, 0.4) is 0 Å². The summed E-state index contributed by atoms with van der Waals surface area (Å²) in [5.74, 6) is 1.81. The Labute approximate surface area is 115 Å². The largest absolute Gasteiger partial charge is 0.396 e. The highest BCUT2D eigenvalue weighted by molar-refractivity contribution is 5.75. The molecule has 4 nitrogen and oxygen atoms in total. The van der Waals surface area contributed by atoms with E-state index in [0.29, 0.717) is 43.1 Å². The minimum Gasteiger partial charge on any atom is -0.396 e. The van der Waals surface area contributed by atoms with Gasteiger partial charge >= 0.3 is 0 Å². The van der Waals surface area contributed by atoms with Gasteiger partial charge in [-0.05, 0) is 42.4 Å². The molecule has 0 aromatic rings. The lowest BCUT2D eigenvalue weighted by molar-refractivity contribution is -0.161. The smallest absolute Gasteiger partial charge is 0.154 e. The zero-order valence-electron chi connectivity index (χ0n) is 12.1. The molecular weight excluding hydrogens is 244 g/mol. The first-order valence-electron chi connectivity index (χ1n) is 7.30. The zero-order valence-corrected chi connectivity index (χ0v) is 12.1. The number of aliphatic hydroxyl groups excluding tert-OH is 2. The maximum absolute atomic E-state index is 11.2. The van der Waals surface area contributed by atoms with Gasteiger partial charge in [0.05, 0.1) is 6.61 Å². The van der Waals surface area contributed by atoms with Gasteiger partial charge in [-0.25, -0.2) is 0 Å². The van der Waals surface area contributed by atoms with Gasteiger partial charge in [-0.1, -0.05) is 13.8 Å². The Kier molecular flexibility index (Phi) is 4.33. The molecule has 1 heterocycles. The molecule has 2 fully saturated rings. The number of Topliss-reactive ketones (excluding diaryl/α,β-unsaturated/α-hetero) is 1. The fraction of sp³-hybridized carbons (Fsp3) is 0.933. The summed E-state index contributed by atoms with van der Waals surface area (Å²) in [5, 5.41) is 19.4. The zero-order chi connectivity index (χ0) is 14.2. The van der Waals surface area contributed by atoms with Crippen LogP contribution in [0, 0.1) is 29.1 Å². The molecule has 2 rings (SSSR count). The van der Waals surface area contributed by atoms with E-state index in [0.717, 1.165) is 6.42 Å². The number of carbonyl (C=O) groups is 1. The van der Waals surface area contributed by atoms with Crippen LogP contribution in [0.5, 0.6) is 0 Å². The van der Waals surface area contributed by atoms with Crippen LogP contribution in [-0.4, -0.2) is 35.5 Å². The van der Waals surface area contributed by atoms with Gasteiger partial charge in [0.15, 0.2) is 6.29 Å². The van der Waals surface area contributed by atoms with E-state index in [1.165, 1.54) is 0 Å². The second kappa shape index (κ2) is 5.51. The van der Waals surface area contributed by atoms with Crippen LogP contribution >= 0.6 is 0 Å². The molecular formula is C15H26O4. The first kappa shape index (κ1) is 14.9. The molecule has 0 aromatic heterocycles. The van der Waals surface area contributed by atoms with E-state index in [9.17, 15) is 15.0 Å². The van der Waals surface area contributed by atoms with Crippen molar-refractivity contribution in [2.75, 3.05) is 13.2 Å². The van der Waals surface area contributed by atoms with Crippen LogP contribution in [0.25, 0.3) is 0 Å². The fourth-order valence-electron chi connectivity index (χ4n) is 4.00. The molecule has 0 bridgehead atoms. The van der Waals surface area contributed by atoms with Crippen LogP contribution < -0.4 is 0 Å².